The van der Waals surface area contributed by atoms with Crippen LogP contribution in [0.5, 0.6) is 5.75 Å². The van der Waals surface area contributed by atoms with Gasteiger partial charge < -0.3 is 15.1 Å². The summed E-state index contributed by atoms with van der Waals surface area (Å²) in [7, 11) is 0. The monoisotopic (exact) mass is 277 g/mol. The van der Waals surface area contributed by atoms with Crippen LogP contribution in [0.4, 0.5) is 0 Å². The molecule has 0 saturated carbocycles. The first-order valence-corrected chi connectivity index (χ1v) is 7.27. The molecule has 1 aliphatic rings. The molecule has 1 aromatic carbocycles. The number of amides is 1. The second-order valence-electron chi connectivity index (χ2n) is 5.75. The van der Waals surface area contributed by atoms with Gasteiger partial charge in [-0.3, -0.25) is 4.79 Å². The zero-order chi connectivity index (χ0) is 14.7. The summed E-state index contributed by atoms with van der Waals surface area (Å²) in [6.45, 7) is 4.33. The fourth-order valence-electron chi connectivity index (χ4n) is 2.88. The summed E-state index contributed by atoms with van der Waals surface area (Å²) in [5, 5.41) is 19.5. The number of aromatic hydroxyl groups is 1. The fraction of sp³-hybridized carbons (Fsp3) is 0.562. The Kier molecular flexibility index (Phi) is 4.65. The predicted molar refractivity (Wildman–Crippen MR) is 77.8 cm³/mol. The van der Waals surface area contributed by atoms with Gasteiger partial charge in [0.15, 0.2) is 0 Å². The summed E-state index contributed by atoms with van der Waals surface area (Å²) in [5.41, 5.74) is 1.28. The molecule has 1 heterocycles. The minimum absolute atomic E-state index is 0.0383. The van der Waals surface area contributed by atoms with E-state index in [0.717, 1.165) is 24.8 Å². The summed E-state index contributed by atoms with van der Waals surface area (Å²) in [6.07, 6.45) is 3.16. The van der Waals surface area contributed by atoms with Crippen molar-refractivity contribution in [2.75, 3.05) is 6.54 Å². The maximum absolute atomic E-state index is 12.6. The molecule has 2 rings (SSSR count). The zero-order valence-corrected chi connectivity index (χ0v) is 12.2. The van der Waals surface area contributed by atoms with E-state index >= 15 is 0 Å². The zero-order valence-electron chi connectivity index (χ0n) is 12.2. The number of phenolic OH excluding ortho intramolecular Hbond substituents is 1. The van der Waals surface area contributed by atoms with E-state index in [9.17, 15) is 15.0 Å². The van der Waals surface area contributed by atoms with Crippen molar-refractivity contribution in [3.05, 3.63) is 29.3 Å². The Morgan fingerprint density at radius 3 is 2.85 bits per heavy atom. The molecule has 0 aromatic heterocycles. The minimum Gasteiger partial charge on any atom is -0.507 e. The lowest BCUT2D eigenvalue weighted by molar-refractivity contribution is 0.0512. The molecule has 2 N–H and O–H groups in total. The lowest BCUT2D eigenvalue weighted by Crippen LogP contribution is -2.45. The van der Waals surface area contributed by atoms with Crippen LogP contribution in [-0.4, -0.2) is 39.7 Å². The van der Waals surface area contributed by atoms with Gasteiger partial charge in [-0.1, -0.05) is 6.07 Å². The first-order chi connectivity index (χ1) is 9.49. The smallest absolute Gasteiger partial charge is 0.257 e. The number of nitrogens with zero attached hydrogens (tertiary/aromatic N) is 1. The quantitative estimate of drug-likeness (QED) is 0.892. The number of carbonyl (C=O) groups excluding carboxylic acids is 1. The van der Waals surface area contributed by atoms with E-state index in [4.69, 9.17) is 0 Å². The van der Waals surface area contributed by atoms with Crippen molar-refractivity contribution in [1.29, 1.82) is 0 Å². The standard InChI is InChI=1S/C16H23NO3/c1-11-6-7-14(15(19)9-11)16(20)17-8-4-3-5-13(17)10-12(2)18/h6-7,9,12-13,18-19H,3-5,8,10H2,1-2H3. The van der Waals surface area contributed by atoms with Gasteiger partial charge in [0.05, 0.1) is 11.7 Å². The van der Waals surface area contributed by atoms with E-state index in [1.165, 1.54) is 0 Å². The van der Waals surface area contributed by atoms with E-state index in [1.807, 2.05) is 13.0 Å². The van der Waals surface area contributed by atoms with Gasteiger partial charge in [0.2, 0.25) is 0 Å². The molecule has 1 fully saturated rings. The number of carbonyl (C=O) groups is 1. The average molecular weight is 277 g/mol. The van der Waals surface area contributed by atoms with Crippen molar-refractivity contribution in [2.24, 2.45) is 0 Å². The largest absolute Gasteiger partial charge is 0.507 e. The van der Waals surface area contributed by atoms with Crippen LogP contribution in [0.15, 0.2) is 18.2 Å². The molecule has 110 valence electrons. The molecule has 0 aliphatic carbocycles. The van der Waals surface area contributed by atoms with E-state index in [1.54, 1.807) is 24.0 Å². The normalized spacial score (nSPS) is 20.8. The third-order valence-corrected chi connectivity index (χ3v) is 3.88. The molecule has 1 saturated heterocycles. The van der Waals surface area contributed by atoms with Crippen LogP contribution >= 0.6 is 0 Å². The molecule has 1 aromatic rings. The number of phenols is 1. The van der Waals surface area contributed by atoms with Crippen molar-refractivity contribution in [1.82, 2.24) is 4.90 Å². The summed E-state index contributed by atoms with van der Waals surface area (Å²) in [4.78, 5) is 14.4. The Morgan fingerprint density at radius 1 is 1.45 bits per heavy atom. The number of aliphatic hydroxyl groups is 1. The van der Waals surface area contributed by atoms with Gasteiger partial charge in [-0.25, -0.2) is 0 Å². The number of piperidine rings is 1. The molecule has 20 heavy (non-hydrogen) atoms. The highest BCUT2D eigenvalue weighted by Crippen LogP contribution is 2.26. The molecule has 1 aliphatic heterocycles. The van der Waals surface area contributed by atoms with Crippen LogP contribution in [-0.2, 0) is 0 Å². The first kappa shape index (κ1) is 14.9. The van der Waals surface area contributed by atoms with Crippen LogP contribution in [0.1, 0.15) is 48.5 Å². The van der Waals surface area contributed by atoms with Gasteiger partial charge in [-0.05, 0) is 57.2 Å². The van der Waals surface area contributed by atoms with Crippen LogP contribution < -0.4 is 0 Å². The number of benzene rings is 1. The fourth-order valence-corrected chi connectivity index (χ4v) is 2.88. The minimum atomic E-state index is -0.417. The highest BCUT2D eigenvalue weighted by Gasteiger charge is 2.29. The Labute approximate surface area is 120 Å². The topological polar surface area (TPSA) is 60.8 Å². The van der Waals surface area contributed by atoms with Crippen molar-refractivity contribution >= 4 is 5.91 Å². The Morgan fingerprint density at radius 2 is 2.20 bits per heavy atom. The molecule has 1 amide bonds. The molecular formula is C16H23NO3. The van der Waals surface area contributed by atoms with Gasteiger partial charge in [0.25, 0.3) is 5.91 Å². The van der Waals surface area contributed by atoms with Crippen LogP contribution in [0.3, 0.4) is 0 Å². The van der Waals surface area contributed by atoms with Gasteiger partial charge in [0, 0.05) is 12.6 Å². The number of aryl methyl sites for hydroxylation is 1. The van der Waals surface area contributed by atoms with Gasteiger partial charge in [0.1, 0.15) is 5.75 Å². The van der Waals surface area contributed by atoms with Crippen molar-refractivity contribution < 1.29 is 15.0 Å². The number of rotatable bonds is 3. The van der Waals surface area contributed by atoms with E-state index in [2.05, 4.69) is 0 Å². The van der Waals surface area contributed by atoms with E-state index < -0.39 is 6.10 Å². The second kappa shape index (κ2) is 6.27. The molecule has 2 atom stereocenters. The number of aliphatic hydroxyl groups excluding tert-OH is 1. The van der Waals surface area contributed by atoms with Crippen LogP contribution in [0.2, 0.25) is 0 Å². The van der Waals surface area contributed by atoms with Crippen LogP contribution in [0, 0.1) is 6.92 Å². The highest BCUT2D eigenvalue weighted by molar-refractivity contribution is 5.97. The molecular weight excluding hydrogens is 254 g/mol. The predicted octanol–water partition coefficient (Wildman–Crippen LogP) is 2.47. The first-order valence-electron chi connectivity index (χ1n) is 7.27. The Balaban J connectivity index is 2.20. The molecule has 0 radical (unpaired) electrons. The molecule has 0 bridgehead atoms. The summed E-state index contributed by atoms with van der Waals surface area (Å²) >= 11 is 0. The average Bonchev–Trinajstić information content (AvgIpc) is 2.38. The van der Waals surface area contributed by atoms with E-state index in [0.29, 0.717) is 18.5 Å². The van der Waals surface area contributed by atoms with E-state index in [-0.39, 0.29) is 17.7 Å². The molecule has 4 nitrogen and oxygen atoms in total. The Bertz CT molecular complexity index is 485. The van der Waals surface area contributed by atoms with Crippen molar-refractivity contribution in [3.8, 4) is 5.75 Å². The third kappa shape index (κ3) is 3.31. The molecule has 2 unspecified atom stereocenters. The van der Waals surface area contributed by atoms with Gasteiger partial charge in [-0.2, -0.15) is 0 Å². The van der Waals surface area contributed by atoms with Gasteiger partial charge in [-0.15, -0.1) is 0 Å². The molecule has 4 heteroatoms. The van der Waals surface area contributed by atoms with Crippen molar-refractivity contribution in [3.63, 3.8) is 0 Å². The van der Waals surface area contributed by atoms with Crippen molar-refractivity contribution in [2.45, 2.75) is 51.7 Å². The second-order valence-corrected chi connectivity index (χ2v) is 5.75. The Hall–Kier alpha value is -1.55. The third-order valence-electron chi connectivity index (χ3n) is 3.88. The summed E-state index contributed by atoms with van der Waals surface area (Å²) in [6, 6.07) is 5.19. The summed E-state index contributed by atoms with van der Waals surface area (Å²) < 4.78 is 0. The maximum Gasteiger partial charge on any atom is 0.257 e. The number of hydrogen-bond acceptors (Lipinski definition) is 3. The number of likely N-dealkylation sites (tertiary alicyclic amines) is 1. The molecule has 0 spiro atoms. The highest BCUT2D eigenvalue weighted by atomic mass is 16.3. The van der Waals surface area contributed by atoms with Crippen LogP contribution in [0.25, 0.3) is 0 Å². The lowest BCUT2D eigenvalue weighted by Gasteiger charge is -2.36. The number of hydrogen-bond donors (Lipinski definition) is 2. The van der Waals surface area contributed by atoms with Gasteiger partial charge >= 0.3 is 0 Å². The lowest BCUT2D eigenvalue weighted by atomic mass is 9.96. The summed E-state index contributed by atoms with van der Waals surface area (Å²) in [5.74, 6) is -0.0933. The SMILES string of the molecule is Cc1ccc(C(=O)N2CCCCC2CC(C)O)c(O)c1. The maximum atomic E-state index is 12.6.